The Morgan fingerprint density at radius 2 is 2.24 bits per heavy atom. The van der Waals surface area contributed by atoms with Crippen molar-refractivity contribution in [3.05, 3.63) is 48.0 Å². The van der Waals surface area contributed by atoms with Crippen molar-refractivity contribution in [1.29, 1.82) is 0 Å². The lowest BCUT2D eigenvalue weighted by Crippen LogP contribution is -2.36. The fraction of sp³-hybridized carbons (Fsp3) is 0.0909. The fourth-order valence-electron chi connectivity index (χ4n) is 1.46. The van der Waals surface area contributed by atoms with Crippen LogP contribution < -0.4 is 10.6 Å². The minimum absolute atomic E-state index is 0.0372. The molecule has 0 saturated heterocycles. The van der Waals surface area contributed by atoms with Crippen LogP contribution in [0.25, 0.3) is 0 Å². The zero-order valence-corrected chi connectivity index (χ0v) is 8.93. The molecule has 0 aliphatic rings. The Labute approximate surface area is 97.1 Å². The van der Waals surface area contributed by atoms with Crippen molar-refractivity contribution in [3.8, 4) is 0 Å². The molecule has 0 radical (unpaired) electrons. The van der Waals surface area contributed by atoms with Gasteiger partial charge in [0.1, 0.15) is 5.82 Å². The molecule has 2 aromatic rings. The maximum atomic E-state index is 13.4. The monoisotopic (exact) mass is 234 g/mol. The molecule has 0 spiro atoms. The third-order valence-corrected chi connectivity index (χ3v) is 2.29. The number of benzene rings is 1. The summed E-state index contributed by atoms with van der Waals surface area (Å²) in [6.45, 7) is 0.0372. The molecule has 0 atom stereocenters. The summed E-state index contributed by atoms with van der Waals surface area (Å²) in [7, 11) is 0. The van der Waals surface area contributed by atoms with E-state index in [0.717, 1.165) is 0 Å². The van der Waals surface area contributed by atoms with E-state index in [0.29, 0.717) is 11.5 Å². The first-order valence-electron chi connectivity index (χ1n) is 4.98. The highest BCUT2D eigenvalue weighted by Gasteiger charge is 2.16. The maximum Gasteiger partial charge on any atom is 0.321 e. The number of amides is 2. The van der Waals surface area contributed by atoms with E-state index in [1.165, 1.54) is 17.2 Å². The molecule has 0 aliphatic heterocycles. The van der Waals surface area contributed by atoms with Gasteiger partial charge in [-0.05, 0) is 6.07 Å². The summed E-state index contributed by atoms with van der Waals surface area (Å²) < 4.78 is 13.4. The summed E-state index contributed by atoms with van der Waals surface area (Å²) in [6, 6.07) is 5.51. The van der Waals surface area contributed by atoms with Crippen LogP contribution in [0.1, 0.15) is 5.56 Å². The van der Waals surface area contributed by atoms with Crippen LogP contribution in [0.5, 0.6) is 0 Å². The number of hydrogen-bond acceptors (Lipinski definition) is 2. The van der Waals surface area contributed by atoms with Gasteiger partial charge in [-0.25, -0.2) is 14.2 Å². The quantitative estimate of drug-likeness (QED) is 0.847. The van der Waals surface area contributed by atoms with Crippen LogP contribution in [0.3, 0.4) is 0 Å². The van der Waals surface area contributed by atoms with Crippen LogP contribution in [0.15, 0.2) is 36.7 Å². The van der Waals surface area contributed by atoms with Gasteiger partial charge in [0.15, 0.2) is 0 Å². The number of H-pyrrole nitrogens is 1. The Morgan fingerprint density at radius 3 is 2.82 bits per heavy atom. The molecule has 2 rings (SSSR count). The Morgan fingerprint density at radius 1 is 1.47 bits per heavy atom. The number of aromatic amines is 1. The van der Waals surface area contributed by atoms with Gasteiger partial charge in [-0.1, -0.05) is 18.2 Å². The molecule has 0 bridgehead atoms. The Balaban J connectivity index is 2.26. The number of nitrogens with two attached hydrogens (primary N) is 1. The first kappa shape index (κ1) is 11.1. The number of urea groups is 1. The Kier molecular flexibility index (Phi) is 3.04. The smallest absolute Gasteiger partial charge is 0.321 e. The zero-order valence-electron chi connectivity index (χ0n) is 8.93. The number of rotatable bonds is 3. The van der Waals surface area contributed by atoms with Gasteiger partial charge in [0.2, 0.25) is 5.95 Å². The third-order valence-electron chi connectivity index (χ3n) is 2.29. The van der Waals surface area contributed by atoms with E-state index in [4.69, 9.17) is 5.73 Å². The van der Waals surface area contributed by atoms with Gasteiger partial charge in [-0.3, -0.25) is 4.90 Å². The molecule has 3 N–H and O–H groups in total. The average molecular weight is 234 g/mol. The highest BCUT2D eigenvalue weighted by Crippen LogP contribution is 2.14. The minimum Gasteiger partial charge on any atom is -0.351 e. The largest absolute Gasteiger partial charge is 0.351 e. The molecule has 5 nitrogen and oxygen atoms in total. The van der Waals surface area contributed by atoms with E-state index in [1.54, 1.807) is 24.4 Å². The van der Waals surface area contributed by atoms with Gasteiger partial charge in [0.25, 0.3) is 0 Å². The predicted octanol–water partition coefficient (Wildman–Crippen LogP) is 1.63. The number of carbonyl (C=O) groups excluding carboxylic acids is 1. The predicted molar refractivity (Wildman–Crippen MR) is 60.8 cm³/mol. The second-order valence-corrected chi connectivity index (χ2v) is 3.43. The van der Waals surface area contributed by atoms with E-state index < -0.39 is 6.03 Å². The second-order valence-electron chi connectivity index (χ2n) is 3.43. The molecular formula is C11H11FN4O. The molecule has 88 valence electrons. The van der Waals surface area contributed by atoms with Gasteiger partial charge >= 0.3 is 6.03 Å². The summed E-state index contributed by atoms with van der Waals surface area (Å²) in [6.07, 6.45) is 3.05. The molecule has 0 unspecified atom stereocenters. The lowest BCUT2D eigenvalue weighted by atomic mass is 10.2. The molecule has 1 heterocycles. The second kappa shape index (κ2) is 4.65. The molecule has 17 heavy (non-hydrogen) atoms. The number of nitrogens with one attached hydrogen (secondary N) is 1. The number of hydrogen-bond donors (Lipinski definition) is 2. The topological polar surface area (TPSA) is 75.0 Å². The van der Waals surface area contributed by atoms with Gasteiger partial charge < -0.3 is 10.7 Å². The number of aromatic nitrogens is 2. The molecule has 1 aromatic carbocycles. The summed E-state index contributed by atoms with van der Waals surface area (Å²) in [5.74, 6) is -0.0916. The van der Waals surface area contributed by atoms with E-state index in [-0.39, 0.29) is 12.4 Å². The molecule has 0 aliphatic carbocycles. The van der Waals surface area contributed by atoms with Crippen LogP contribution in [0.2, 0.25) is 0 Å². The van der Waals surface area contributed by atoms with Crippen LogP contribution in [-0.2, 0) is 6.54 Å². The van der Waals surface area contributed by atoms with Crippen LogP contribution in [0, 0.1) is 5.82 Å². The number of anilines is 1. The number of carbonyl (C=O) groups is 1. The SMILES string of the molecule is NC(=O)N(Cc1ccccc1F)c1ncc[nH]1. The molecule has 2 amide bonds. The van der Waals surface area contributed by atoms with Crippen molar-refractivity contribution in [3.63, 3.8) is 0 Å². The summed E-state index contributed by atoms with van der Waals surface area (Å²) in [5, 5.41) is 0. The Hall–Kier alpha value is -2.37. The number of nitrogens with zero attached hydrogens (tertiary/aromatic N) is 2. The first-order valence-corrected chi connectivity index (χ1v) is 4.98. The summed E-state index contributed by atoms with van der Waals surface area (Å²) in [5.41, 5.74) is 5.61. The van der Waals surface area contributed by atoms with Crippen molar-refractivity contribution in [2.75, 3.05) is 4.90 Å². The molecular weight excluding hydrogens is 223 g/mol. The molecule has 0 saturated carbocycles. The van der Waals surface area contributed by atoms with Gasteiger partial charge in [0.05, 0.1) is 6.54 Å². The molecule has 6 heteroatoms. The maximum absolute atomic E-state index is 13.4. The van der Waals surface area contributed by atoms with E-state index in [9.17, 15) is 9.18 Å². The van der Waals surface area contributed by atoms with Crippen molar-refractivity contribution >= 4 is 12.0 Å². The standard InChI is InChI=1S/C11H11FN4O/c12-9-4-2-1-3-8(9)7-16(10(13)17)11-14-5-6-15-11/h1-6H,7H2,(H2,13,17)(H,14,15). The van der Waals surface area contributed by atoms with Crippen molar-refractivity contribution < 1.29 is 9.18 Å². The van der Waals surface area contributed by atoms with Crippen molar-refractivity contribution in [2.24, 2.45) is 5.73 Å². The summed E-state index contributed by atoms with van der Waals surface area (Å²) >= 11 is 0. The van der Waals surface area contributed by atoms with Gasteiger partial charge in [-0.15, -0.1) is 0 Å². The van der Waals surface area contributed by atoms with Gasteiger partial charge in [-0.2, -0.15) is 0 Å². The van der Waals surface area contributed by atoms with Crippen LogP contribution in [0.4, 0.5) is 15.1 Å². The zero-order chi connectivity index (χ0) is 12.3. The fourth-order valence-corrected chi connectivity index (χ4v) is 1.46. The van der Waals surface area contributed by atoms with Crippen LogP contribution >= 0.6 is 0 Å². The third kappa shape index (κ3) is 2.41. The van der Waals surface area contributed by atoms with Crippen molar-refractivity contribution in [1.82, 2.24) is 9.97 Å². The van der Waals surface area contributed by atoms with E-state index >= 15 is 0 Å². The Bertz CT molecular complexity index is 512. The molecule has 1 aromatic heterocycles. The first-order chi connectivity index (χ1) is 8.18. The highest BCUT2D eigenvalue weighted by atomic mass is 19.1. The van der Waals surface area contributed by atoms with Crippen LogP contribution in [-0.4, -0.2) is 16.0 Å². The van der Waals surface area contributed by atoms with E-state index in [1.807, 2.05) is 0 Å². The number of halogens is 1. The lowest BCUT2D eigenvalue weighted by Gasteiger charge is -2.17. The van der Waals surface area contributed by atoms with Crippen molar-refractivity contribution in [2.45, 2.75) is 6.54 Å². The van der Waals surface area contributed by atoms with E-state index in [2.05, 4.69) is 9.97 Å². The average Bonchev–Trinajstić information content (AvgIpc) is 2.81. The lowest BCUT2D eigenvalue weighted by molar-refractivity contribution is 0.253. The molecule has 0 fully saturated rings. The summed E-state index contributed by atoms with van der Waals surface area (Å²) in [4.78, 5) is 19.1. The normalized spacial score (nSPS) is 10.2. The van der Waals surface area contributed by atoms with Gasteiger partial charge in [0, 0.05) is 18.0 Å². The highest BCUT2D eigenvalue weighted by molar-refractivity contribution is 5.88. The minimum atomic E-state index is -0.691. The number of imidazole rings is 1. The number of primary amides is 1.